The third-order valence-electron chi connectivity index (χ3n) is 2.98. The van der Waals surface area contributed by atoms with Crippen LogP contribution >= 0.6 is 0 Å². The minimum Gasteiger partial charge on any atom is -0.103 e. The van der Waals surface area contributed by atoms with Crippen molar-refractivity contribution in [2.24, 2.45) is 10.8 Å². The second kappa shape index (κ2) is 4.83. The lowest BCUT2D eigenvalue weighted by Crippen LogP contribution is -2.13. The molecule has 0 aliphatic rings. The Morgan fingerprint density at radius 2 is 1.62 bits per heavy atom. The minimum absolute atomic E-state index is 0.366. The largest absolute Gasteiger partial charge is 0.103 e. The first kappa shape index (κ1) is 12.7. The molecule has 0 heteroatoms. The van der Waals surface area contributed by atoms with Crippen molar-refractivity contribution < 1.29 is 0 Å². The molecule has 0 fully saturated rings. The van der Waals surface area contributed by atoms with Crippen LogP contribution in [0, 0.1) is 10.8 Å². The summed E-state index contributed by atoms with van der Waals surface area (Å²) in [4.78, 5) is 0. The van der Waals surface area contributed by atoms with Gasteiger partial charge in [-0.1, -0.05) is 47.1 Å². The van der Waals surface area contributed by atoms with Crippen LogP contribution in [0.3, 0.4) is 0 Å². The van der Waals surface area contributed by atoms with Crippen molar-refractivity contribution in [3.05, 3.63) is 12.7 Å². The molecule has 0 aromatic heterocycles. The zero-order chi connectivity index (χ0) is 10.5. The van der Waals surface area contributed by atoms with Gasteiger partial charge in [0.05, 0.1) is 0 Å². The minimum atomic E-state index is 0.366. The molecule has 78 valence electrons. The fourth-order valence-corrected chi connectivity index (χ4v) is 1.45. The van der Waals surface area contributed by atoms with E-state index in [1.54, 1.807) is 0 Å². The first-order chi connectivity index (χ1) is 5.83. The van der Waals surface area contributed by atoms with Crippen molar-refractivity contribution >= 4 is 0 Å². The van der Waals surface area contributed by atoms with Crippen LogP contribution in [-0.4, -0.2) is 0 Å². The molecule has 0 saturated heterocycles. The van der Waals surface area contributed by atoms with Gasteiger partial charge < -0.3 is 0 Å². The van der Waals surface area contributed by atoms with Crippen LogP contribution in [0.15, 0.2) is 12.7 Å². The Balaban J connectivity index is 3.81. The first-order valence-corrected chi connectivity index (χ1v) is 5.46. The Morgan fingerprint density at radius 3 is 1.92 bits per heavy atom. The molecule has 13 heavy (non-hydrogen) atoms. The third-order valence-corrected chi connectivity index (χ3v) is 2.98. The van der Waals surface area contributed by atoms with Gasteiger partial charge in [-0.15, -0.1) is 6.58 Å². The Morgan fingerprint density at radius 1 is 1.08 bits per heavy atom. The van der Waals surface area contributed by atoms with Crippen molar-refractivity contribution in [1.29, 1.82) is 0 Å². The maximum atomic E-state index is 3.92. The molecule has 0 aliphatic carbocycles. The number of hydrogen-bond donors (Lipinski definition) is 0. The highest BCUT2D eigenvalue weighted by Gasteiger charge is 2.18. The number of hydrogen-bond acceptors (Lipinski definition) is 0. The van der Waals surface area contributed by atoms with Crippen molar-refractivity contribution in [1.82, 2.24) is 0 Å². The fraction of sp³-hybridized carbons (Fsp3) is 0.846. The van der Waals surface area contributed by atoms with E-state index in [0.717, 1.165) is 0 Å². The number of rotatable bonds is 5. The van der Waals surface area contributed by atoms with Crippen LogP contribution in [0.25, 0.3) is 0 Å². The summed E-state index contributed by atoms with van der Waals surface area (Å²) in [5.41, 5.74) is 0.848. The van der Waals surface area contributed by atoms with Crippen LogP contribution in [-0.2, 0) is 0 Å². The lowest BCUT2D eigenvalue weighted by Gasteiger charge is -2.26. The monoisotopic (exact) mass is 182 g/mol. The summed E-state index contributed by atoms with van der Waals surface area (Å²) < 4.78 is 0. The van der Waals surface area contributed by atoms with Crippen LogP contribution in [0.1, 0.15) is 60.3 Å². The quantitative estimate of drug-likeness (QED) is 0.535. The normalized spacial score (nSPS) is 16.7. The van der Waals surface area contributed by atoms with E-state index in [1.165, 1.54) is 25.7 Å². The first-order valence-electron chi connectivity index (χ1n) is 5.46. The highest BCUT2D eigenvalue weighted by atomic mass is 14.2. The number of allylic oxidation sites excluding steroid dienone is 1. The zero-order valence-electron chi connectivity index (χ0n) is 10.1. The van der Waals surface area contributed by atoms with E-state index in [1.807, 2.05) is 0 Å². The molecule has 0 saturated carbocycles. The van der Waals surface area contributed by atoms with Crippen molar-refractivity contribution in [2.75, 3.05) is 0 Å². The summed E-state index contributed by atoms with van der Waals surface area (Å²) in [6, 6.07) is 0. The highest BCUT2D eigenvalue weighted by Crippen LogP contribution is 2.32. The predicted molar refractivity (Wildman–Crippen MR) is 61.9 cm³/mol. The van der Waals surface area contributed by atoms with E-state index >= 15 is 0 Å². The smallest absolute Gasteiger partial charge is 0.0152 e. The molecular weight excluding hydrogens is 156 g/mol. The Bertz CT molecular complexity index is 150. The standard InChI is InChI=1S/C13H26/c1-7-13(6,8-2)11-9-10-12(3,4)5/h7H,1,8-11H2,2-6H3. The van der Waals surface area contributed by atoms with E-state index in [0.29, 0.717) is 10.8 Å². The molecule has 1 unspecified atom stereocenters. The van der Waals surface area contributed by atoms with Gasteiger partial charge in [-0.2, -0.15) is 0 Å². The molecule has 1 atom stereocenters. The van der Waals surface area contributed by atoms with E-state index in [2.05, 4.69) is 47.3 Å². The molecule has 0 rings (SSSR count). The van der Waals surface area contributed by atoms with E-state index in [-0.39, 0.29) is 0 Å². The average molecular weight is 182 g/mol. The molecule has 0 N–H and O–H groups in total. The maximum Gasteiger partial charge on any atom is -0.0152 e. The van der Waals surface area contributed by atoms with Gasteiger partial charge in [0.25, 0.3) is 0 Å². The van der Waals surface area contributed by atoms with Gasteiger partial charge in [0.15, 0.2) is 0 Å². The molecule has 0 aliphatic heterocycles. The summed E-state index contributed by atoms with van der Waals surface area (Å²) in [6.45, 7) is 15.4. The van der Waals surface area contributed by atoms with Gasteiger partial charge in [-0.3, -0.25) is 0 Å². The SMILES string of the molecule is C=CC(C)(CC)CCCC(C)(C)C. The Labute approximate surface area is 84.4 Å². The van der Waals surface area contributed by atoms with Gasteiger partial charge in [0.1, 0.15) is 0 Å². The average Bonchev–Trinajstić information content (AvgIpc) is 2.02. The van der Waals surface area contributed by atoms with Crippen LogP contribution < -0.4 is 0 Å². The van der Waals surface area contributed by atoms with Gasteiger partial charge in [0.2, 0.25) is 0 Å². The molecule has 0 aromatic carbocycles. The summed E-state index contributed by atoms with van der Waals surface area (Å²) in [6.07, 6.45) is 7.25. The van der Waals surface area contributed by atoms with Gasteiger partial charge in [0, 0.05) is 0 Å². The van der Waals surface area contributed by atoms with Gasteiger partial charge in [-0.25, -0.2) is 0 Å². The van der Waals surface area contributed by atoms with Crippen molar-refractivity contribution in [3.63, 3.8) is 0 Å². The molecule has 0 amide bonds. The van der Waals surface area contributed by atoms with Crippen LogP contribution in [0.4, 0.5) is 0 Å². The molecule has 0 heterocycles. The molecule has 0 nitrogen and oxygen atoms in total. The molecular formula is C13H26. The lowest BCUT2D eigenvalue weighted by molar-refractivity contribution is 0.303. The molecule has 0 spiro atoms. The summed E-state index contributed by atoms with van der Waals surface area (Å²) in [5.74, 6) is 0. The van der Waals surface area contributed by atoms with E-state index < -0.39 is 0 Å². The van der Waals surface area contributed by atoms with Crippen molar-refractivity contribution in [2.45, 2.75) is 60.3 Å². The Kier molecular flexibility index (Phi) is 4.74. The second-order valence-corrected chi connectivity index (χ2v) is 5.63. The van der Waals surface area contributed by atoms with Gasteiger partial charge >= 0.3 is 0 Å². The van der Waals surface area contributed by atoms with E-state index in [4.69, 9.17) is 0 Å². The topological polar surface area (TPSA) is 0 Å². The second-order valence-electron chi connectivity index (χ2n) is 5.63. The highest BCUT2D eigenvalue weighted by molar-refractivity contribution is 4.90. The maximum absolute atomic E-state index is 3.92. The summed E-state index contributed by atoms with van der Waals surface area (Å²) in [7, 11) is 0. The van der Waals surface area contributed by atoms with Crippen molar-refractivity contribution in [3.8, 4) is 0 Å². The van der Waals surface area contributed by atoms with E-state index in [9.17, 15) is 0 Å². The lowest BCUT2D eigenvalue weighted by atomic mass is 9.80. The zero-order valence-corrected chi connectivity index (χ0v) is 10.1. The van der Waals surface area contributed by atoms with Gasteiger partial charge in [-0.05, 0) is 30.1 Å². The third kappa shape index (κ3) is 5.90. The Hall–Kier alpha value is -0.260. The van der Waals surface area contributed by atoms with Crippen LogP contribution in [0.2, 0.25) is 0 Å². The molecule has 0 aromatic rings. The van der Waals surface area contributed by atoms with Crippen LogP contribution in [0.5, 0.6) is 0 Å². The summed E-state index contributed by atoms with van der Waals surface area (Å²) >= 11 is 0. The fourth-order valence-electron chi connectivity index (χ4n) is 1.45. The predicted octanol–water partition coefficient (Wildman–Crippen LogP) is 4.81. The summed E-state index contributed by atoms with van der Waals surface area (Å²) in [5, 5.41) is 0. The molecule has 0 radical (unpaired) electrons. The molecule has 0 bridgehead atoms.